The third kappa shape index (κ3) is 4.06. The SMILES string of the molecule is COc1cc(Cl)c(-c2ccnc(OS(=O)(=O)C(F)(F)F)c2[N+](=O)[O-])cc1C. The van der Waals surface area contributed by atoms with E-state index in [1.807, 2.05) is 0 Å². The summed E-state index contributed by atoms with van der Waals surface area (Å²) in [6.07, 6.45) is 0.861. The highest BCUT2D eigenvalue weighted by molar-refractivity contribution is 7.88. The molecule has 8 nitrogen and oxygen atoms in total. The molecule has 0 aliphatic carbocycles. The van der Waals surface area contributed by atoms with Crippen molar-refractivity contribution in [1.82, 2.24) is 4.98 Å². The number of ether oxygens (including phenoxy) is 1. The Hall–Kier alpha value is -2.60. The van der Waals surface area contributed by atoms with E-state index in [0.29, 0.717) is 11.3 Å². The van der Waals surface area contributed by atoms with E-state index in [2.05, 4.69) is 9.17 Å². The standard InChI is InChI=1S/C14H10ClF3N2O6S/c1-7-5-9(10(15)6-11(7)25-2)8-3-4-19-13(12(8)20(21)22)26-27(23,24)14(16,17)18/h3-6H,1-2H3. The lowest BCUT2D eigenvalue weighted by molar-refractivity contribution is -0.385. The topological polar surface area (TPSA) is 109 Å². The maximum absolute atomic E-state index is 12.5. The fraction of sp³-hybridized carbons (Fsp3) is 0.214. The van der Waals surface area contributed by atoms with Crippen LogP contribution in [0, 0.1) is 17.0 Å². The van der Waals surface area contributed by atoms with Gasteiger partial charge in [0.15, 0.2) is 0 Å². The molecule has 2 rings (SSSR count). The summed E-state index contributed by atoms with van der Waals surface area (Å²) >= 11 is 6.09. The van der Waals surface area contributed by atoms with Gasteiger partial charge in [0.25, 0.3) is 0 Å². The van der Waals surface area contributed by atoms with Gasteiger partial charge in [-0.3, -0.25) is 10.1 Å². The highest BCUT2D eigenvalue weighted by Crippen LogP contribution is 2.42. The molecule has 0 N–H and O–H groups in total. The van der Waals surface area contributed by atoms with E-state index in [1.165, 1.54) is 19.2 Å². The molecule has 1 aromatic heterocycles. The molecule has 0 spiro atoms. The van der Waals surface area contributed by atoms with E-state index in [-0.39, 0.29) is 16.1 Å². The lowest BCUT2D eigenvalue weighted by Gasteiger charge is -2.13. The molecule has 1 heterocycles. The molecule has 0 saturated carbocycles. The summed E-state index contributed by atoms with van der Waals surface area (Å²) < 4.78 is 68.9. The van der Waals surface area contributed by atoms with Crippen LogP contribution in [0.2, 0.25) is 5.02 Å². The number of benzene rings is 1. The Labute approximate surface area is 155 Å². The molecule has 146 valence electrons. The molecule has 0 unspecified atom stereocenters. The first-order valence-electron chi connectivity index (χ1n) is 6.87. The van der Waals surface area contributed by atoms with Crippen LogP contribution < -0.4 is 8.92 Å². The van der Waals surface area contributed by atoms with Crippen molar-refractivity contribution in [2.24, 2.45) is 0 Å². The van der Waals surface area contributed by atoms with Crippen LogP contribution in [0.3, 0.4) is 0 Å². The first-order valence-corrected chi connectivity index (χ1v) is 8.66. The third-order valence-corrected chi connectivity index (χ3v) is 4.58. The second-order valence-electron chi connectivity index (χ2n) is 5.05. The second-order valence-corrected chi connectivity index (χ2v) is 7.00. The summed E-state index contributed by atoms with van der Waals surface area (Å²) in [4.78, 5) is 13.6. The number of alkyl halides is 3. The molecule has 27 heavy (non-hydrogen) atoms. The van der Waals surface area contributed by atoms with Crippen molar-refractivity contribution < 1.29 is 35.4 Å². The molecular weight excluding hydrogens is 417 g/mol. The predicted octanol–water partition coefficient (Wildman–Crippen LogP) is 3.86. The summed E-state index contributed by atoms with van der Waals surface area (Å²) in [5.41, 5.74) is -6.57. The summed E-state index contributed by atoms with van der Waals surface area (Å²) in [5.74, 6) is -0.962. The van der Waals surface area contributed by atoms with Gasteiger partial charge in [-0.15, -0.1) is 0 Å². The number of rotatable bonds is 5. The molecular formula is C14H10ClF3N2O6S. The number of hydrogen-bond donors (Lipinski definition) is 0. The van der Waals surface area contributed by atoms with Crippen LogP contribution in [-0.2, 0) is 10.1 Å². The van der Waals surface area contributed by atoms with Crippen molar-refractivity contribution in [3.63, 3.8) is 0 Å². The van der Waals surface area contributed by atoms with Crippen LogP contribution in [0.15, 0.2) is 24.4 Å². The number of nitro groups is 1. The van der Waals surface area contributed by atoms with Gasteiger partial charge in [0.2, 0.25) is 0 Å². The van der Waals surface area contributed by atoms with Crippen LogP contribution in [0.5, 0.6) is 11.6 Å². The largest absolute Gasteiger partial charge is 0.534 e. The number of hydrogen-bond acceptors (Lipinski definition) is 7. The summed E-state index contributed by atoms with van der Waals surface area (Å²) in [7, 11) is -4.78. The van der Waals surface area contributed by atoms with Gasteiger partial charge in [-0.05, 0) is 30.7 Å². The lowest BCUT2D eigenvalue weighted by atomic mass is 10.0. The number of aromatic nitrogens is 1. The van der Waals surface area contributed by atoms with Gasteiger partial charge < -0.3 is 8.92 Å². The Kier molecular flexibility index (Phi) is 5.52. The molecule has 0 bridgehead atoms. The Morgan fingerprint density at radius 1 is 1.26 bits per heavy atom. The number of pyridine rings is 1. The lowest BCUT2D eigenvalue weighted by Crippen LogP contribution is -2.28. The molecule has 0 atom stereocenters. The van der Waals surface area contributed by atoms with E-state index in [0.717, 1.165) is 12.3 Å². The zero-order valence-electron chi connectivity index (χ0n) is 13.6. The highest BCUT2D eigenvalue weighted by atomic mass is 35.5. The molecule has 0 aliphatic rings. The van der Waals surface area contributed by atoms with Gasteiger partial charge >= 0.3 is 27.2 Å². The van der Waals surface area contributed by atoms with Crippen LogP contribution >= 0.6 is 11.6 Å². The molecule has 0 radical (unpaired) electrons. The molecule has 0 amide bonds. The summed E-state index contributed by atoms with van der Waals surface area (Å²) in [6, 6.07) is 3.84. The summed E-state index contributed by atoms with van der Waals surface area (Å²) in [5, 5.41) is 11.4. The van der Waals surface area contributed by atoms with Crippen molar-refractivity contribution in [2.75, 3.05) is 7.11 Å². The average molecular weight is 427 g/mol. The Bertz CT molecular complexity index is 1010. The van der Waals surface area contributed by atoms with Gasteiger partial charge in [-0.25, -0.2) is 4.98 Å². The van der Waals surface area contributed by atoms with E-state index >= 15 is 0 Å². The molecule has 13 heteroatoms. The van der Waals surface area contributed by atoms with Gasteiger partial charge in [-0.2, -0.15) is 21.6 Å². The second kappa shape index (κ2) is 7.19. The Balaban J connectivity index is 2.71. The van der Waals surface area contributed by atoms with E-state index in [1.54, 1.807) is 6.92 Å². The first kappa shape index (κ1) is 20.7. The van der Waals surface area contributed by atoms with Crippen LogP contribution in [-0.4, -0.2) is 30.9 Å². The molecule has 0 saturated heterocycles. The molecule has 0 fully saturated rings. The number of halogens is 4. The molecule has 1 aromatic carbocycles. The zero-order valence-corrected chi connectivity index (χ0v) is 15.1. The van der Waals surface area contributed by atoms with Crippen molar-refractivity contribution in [3.8, 4) is 22.8 Å². The molecule has 2 aromatic rings. The summed E-state index contributed by atoms with van der Waals surface area (Å²) in [6.45, 7) is 1.61. The quantitative estimate of drug-likeness (QED) is 0.309. The predicted molar refractivity (Wildman–Crippen MR) is 88.2 cm³/mol. The smallest absolute Gasteiger partial charge is 0.496 e. The van der Waals surface area contributed by atoms with Gasteiger partial charge in [-0.1, -0.05) is 11.6 Å². The third-order valence-electron chi connectivity index (χ3n) is 3.32. The van der Waals surface area contributed by atoms with Crippen molar-refractivity contribution in [3.05, 3.63) is 45.1 Å². The van der Waals surface area contributed by atoms with Crippen LogP contribution in [0.1, 0.15) is 5.56 Å². The van der Waals surface area contributed by atoms with Crippen molar-refractivity contribution in [2.45, 2.75) is 12.4 Å². The van der Waals surface area contributed by atoms with Gasteiger partial charge in [0, 0.05) is 11.8 Å². The first-order chi connectivity index (χ1) is 12.4. The number of aryl methyl sites for hydroxylation is 1. The number of nitrogens with zero attached hydrogens (tertiary/aromatic N) is 2. The van der Waals surface area contributed by atoms with Crippen LogP contribution in [0.4, 0.5) is 18.9 Å². The minimum atomic E-state index is -6.15. The minimum absolute atomic E-state index is 0.0172. The normalized spacial score (nSPS) is 11.9. The Morgan fingerprint density at radius 2 is 1.89 bits per heavy atom. The van der Waals surface area contributed by atoms with Crippen LogP contribution in [0.25, 0.3) is 11.1 Å². The maximum Gasteiger partial charge on any atom is 0.534 e. The van der Waals surface area contributed by atoms with E-state index in [4.69, 9.17) is 16.3 Å². The van der Waals surface area contributed by atoms with Crippen molar-refractivity contribution in [1.29, 1.82) is 0 Å². The minimum Gasteiger partial charge on any atom is -0.496 e. The monoisotopic (exact) mass is 426 g/mol. The zero-order chi connectivity index (χ0) is 20.6. The van der Waals surface area contributed by atoms with E-state index in [9.17, 15) is 31.7 Å². The van der Waals surface area contributed by atoms with Crippen molar-refractivity contribution >= 4 is 27.4 Å². The maximum atomic E-state index is 12.5. The fourth-order valence-electron chi connectivity index (χ4n) is 2.13. The average Bonchev–Trinajstić information content (AvgIpc) is 2.54. The van der Waals surface area contributed by atoms with Gasteiger partial charge in [0.05, 0.1) is 22.6 Å². The number of methoxy groups -OCH3 is 1. The fourth-order valence-corrected chi connectivity index (χ4v) is 2.81. The van der Waals surface area contributed by atoms with Gasteiger partial charge in [0.1, 0.15) is 5.75 Å². The highest BCUT2D eigenvalue weighted by Gasteiger charge is 2.50. The van der Waals surface area contributed by atoms with E-state index < -0.39 is 32.1 Å². The molecule has 0 aliphatic heterocycles. The Morgan fingerprint density at radius 3 is 2.41 bits per heavy atom.